The molecule has 0 saturated carbocycles. The molecule has 0 bridgehead atoms. The number of ether oxygens (including phenoxy) is 1. The maximum absolute atomic E-state index is 12.5. The van der Waals surface area contributed by atoms with Gasteiger partial charge in [0, 0.05) is 6.61 Å². The average molecular weight is 270 g/mol. The fourth-order valence-corrected chi connectivity index (χ4v) is 2.73. The number of rotatable bonds is 8. The monoisotopic (exact) mass is 270 g/mol. The van der Waals surface area contributed by atoms with E-state index in [1.165, 1.54) is 0 Å². The predicted octanol–water partition coefficient (Wildman–Crippen LogP) is 2.38. The van der Waals surface area contributed by atoms with Crippen molar-refractivity contribution in [2.24, 2.45) is 5.92 Å². The minimum atomic E-state index is -0.0144. The third kappa shape index (κ3) is 3.93. The number of hydrogen-bond donors (Lipinski definition) is 1. The molecule has 0 aromatic carbocycles. The largest absolute Gasteiger partial charge is 0.380 e. The van der Waals surface area contributed by atoms with Crippen LogP contribution in [0.5, 0.6) is 0 Å². The molecule has 0 aromatic heterocycles. The number of nitrogens with one attached hydrogen (secondary N) is 1. The van der Waals surface area contributed by atoms with Crippen LogP contribution in [-0.4, -0.2) is 42.3 Å². The van der Waals surface area contributed by atoms with E-state index in [0.717, 1.165) is 19.3 Å². The second-order valence-electron chi connectivity index (χ2n) is 5.65. The first-order valence-electron chi connectivity index (χ1n) is 7.72. The quantitative estimate of drug-likeness (QED) is 0.736. The van der Waals surface area contributed by atoms with Gasteiger partial charge in [0.1, 0.15) is 0 Å². The second-order valence-corrected chi connectivity index (χ2v) is 5.65. The van der Waals surface area contributed by atoms with Crippen LogP contribution in [0.4, 0.5) is 0 Å². The van der Waals surface area contributed by atoms with E-state index in [9.17, 15) is 4.79 Å². The van der Waals surface area contributed by atoms with Gasteiger partial charge in [-0.1, -0.05) is 34.1 Å². The van der Waals surface area contributed by atoms with Crippen molar-refractivity contribution in [1.82, 2.24) is 10.2 Å². The topological polar surface area (TPSA) is 41.6 Å². The summed E-state index contributed by atoms with van der Waals surface area (Å²) in [6, 6.07) is 0.160. The zero-order chi connectivity index (χ0) is 14.4. The fraction of sp³-hybridized carbons (Fsp3) is 0.933. The maximum atomic E-state index is 12.5. The minimum Gasteiger partial charge on any atom is -0.380 e. The second kappa shape index (κ2) is 7.85. The molecule has 19 heavy (non-hydrogen) atoms. The average Bonchev–Trinajstić information content (AvgIpc) is 2.67. The first kappa shape index (κ1) is 16.4. The van der Waals surface area contributed by atoms with Gasteiger partial charge in [-0.2, -0.15) is 0 Å². The molecule has 1 N–H and O–H groups in total. The molecule has 3 unspecified atom stereocenters. The van der Waals surface area contributed by atoms with Gasteiger partial charge in [0.15, 0.2) is 0 Å². The molecule has 0 aromatic rings. The first-order chi connectivity index (χ1) is 9.06. The van der Waals surface area contributed by atoms with Crippen molar-refractivity contribution < 1.29 is 9.53 Å². The predicted molar refractivity (Wildman–Crippen MR) is 77.9 cm³/mol. The van der Waals surface area contributed by atoms with Crippen molar-refractivity contribution in [3.8, 4) is 0 Å². The van der Waals surface area contributed by atoms with E-state index >= 15 is 0 Å². The number of carbonyl (C=O) groups is 1. The maximum Gasteiger partial charge on any atom is 0.241 e. The smallest absolute Gasteiger partial charge is 0.241 e. The van der Waals surface area contributed by atoms with Crippen LogP contribution >= 0.6 is 0 Å². The van der Waals surface area contributed by atoms with Gasteiger partial charge in [-0.05, 0) is 25.7 Å². The number of hydrogen-bond acceptors (Lipinski definition) is 3. The molecule has 1 fully saturated rings. The van der Waals surface area contributed by atoms with Crippen molar-refractivity contribution in [2.75, 3.05) is 13.2 Å². The van der Waals surface area contributed by atoms with Crippen LogP contribution < -0.4 is 5.32 Å². The molecule has 4 heteroatoms. The Balaban J connectivity index is 2.85. The minimum absolute atomic E-state index is 0.0144. The molecule has 3 atom stereocenters. The van der Waals surface area contributed by atoms with Gasteiger partial charge < -0.3 is 9.64 Å². The van der Waals surface area contributed by atoms with Crippen molar-refractivity contribution >= 4 is 5.91 Å². The summed E-state index contributed by atoms with van der Waals surface area (Å²) >= 11 is 0. The van der Waals surface area contributed by atoms with Crippen LogP contribution in [0, 0.1) is 5.92 Å². The molecular weight excluding hydrogens is 240 g/mol. The molecule has 1 saturated heterocycles. The molecule has 1 aliphatic heterocycles. The Morgan fingerprint density at radius 1 is 1.32 bits per heavy atom. The highest BCUT2D eigenvalue weighted by Gasteiger charge is 2.41. The van der Waals surface area contributed by atoms with Gasteiger partial charge in [-0.15, -0.1) is 0 Å². The molecule has 1 amide bonds. The van der Waals surface area contributed by atoms with E-state index in [1.54, 1.807) is 0 Å². The van der Waals surface area contributed by atoms with E-state index in [1.807, 2.05) is 6.92 Å². The molecule has 1 aliphatic rings. The Labute approximate surface area is 117 Å². The van der Waals surface area contributed by atoms with Gasteiger partial charge in [-0.3, -0.25) is 10.1 Å². The Bertz CT molecular complexity index is 281. The molecule has 1 heterocycles. The lowest BCUT2D eigenvalue weighted by atomic mass is 10.0. The lowest BCUT2D eigenvalue weighted by Crippen LogP contribution is -2.49. The summed E-state index contributed by atoms with van der Waals surface area (Å²) in [5.74, 6) is 0.659. The number of amides is 1. The highest BCUT2D eigenvalue weighted by molar-refractivity contribution is 5.84. The molecule has 112 valence electrons. The van der Waals surface area contributed by atoms with Crippen LogP contribution in [0.15, 0.2) is 0 Å². The van der Waals surface area contributed by atoms with E-state index in [-0.39, 0.29) is 24.2 Å². The molecule has 0 spiro atoms. The Morgan fingerprint density at radius 3 is 2.47 bits per heavy atom. The summed E-state index contributed by atoms with van der Waals surface area (Å²) in [6.07, 6.45) is 3.12. The molecule has 4 nitrogen and oxygen atoms in total. The zero-order valence-electron chi connectivity index (χ0n) is 13.1. The summed E-state index contributed by atoms with van der Waals surface area (Å²) in [4.78, 5) is 14.6. The molecule has 0 radical (unpaired) electrons. The highest BCUT2D eigenvalue weighted by Crippen LogP contribution is 2.24. The zero-order valence-corrected chi connectivity index (χ0v) is 13.1. The van der Waals surface area contributed by atoms with Gasteiger partial charge >= 0.3 is 0 Å². The molecular formula is C15H30N2O2. The van der Waals surface area contributed by atoms with Crippen molar-refractivity contribution in [2.45, 2.75) is 72.1 Å². The highest BCUT2D eigenvalue weighted by atomic mass is 16.5. The normalized spacial score (nSPS) is 25.4. The Morgan fingerprint density at radius 2 is 2.00 bits per heavy atom. The van der Waals surface area contributed by atoms with E-state index < -0.39 is 0 Å². The van der Waals surface area contributed by atoms with Crippen LogP contribution in [-0.2, 0) is 9.53 Å². The van der Waals surface area contributed by atoms with Crippen molar-refractivity contribution in [1.29, 1.82) is 0 Å². The lowest BCUT2D eigenvalue weighted by molar-refractivity contribution is -0.135. The van der Waals surface area contributed by atoms with Crippen LogP contribution in [0.3, 0.4) is 0 Å². The van der Waals surface area contributed by atoms with Gasteiger partial charge in [-0.25, -0.2) is 0 Å². The van der Waals surface area contributed by atoms with Crippen LogP contribution in [0.25, 0.3) is 0 Å². The fourth-order valence-electron chi connectivity index (χ4n) is 2.73. The third-order valence-electron chi connectivity index (χ3n) is 3.87. The Kier molecular flexibility index (Phi) is 6.80. The van der Waals surface area contributed by atoms with Crippen LogP contribution in [0.2, 0.25) is 0 Å². The van der Waals surface area contributed by atoms with Gasteiger partial charge in [0.05, 0.1) is 24.9 Å². The number of carbonyl (C=O) groups excluding carboxylic acids is 1. The summed E-state index contributed by atoms with van der Waals surface area (Å²) < 4.78 is 5.59. The standard InChI is InChI=1S/C15H30N2O2/c1-6-9-14-16-12(7-2)15(18)17(14)13(11(4)5)10-19-8-3/h11-14,16H,6-10H2,1-5H3. The van der Waals surface area contributed by atoms with Crippen molar-refractivity contribution in [3.63, 3.8) is 0 Å². The molecule has 1 rings (SSSR count). The van der Waals surface area contributed by atoms with Crippen molar-refractivity contribution in [3.05, 3.63) is 0 Å². The summed E-state index contributed by atoms with van der Waals surface area (Å²) in [5, 5.41) is 3.47. The third-order valence-corrected chi connectivity index (χ3v) is 3.87. The SMILES string of the molecule is CCCC1NC(CC)C(=O)N1C(COCC)C(C)C. The lowest BCUT2D eigenvalue weighted by Gasteiger charge is -2.35. The summed E-state index contributed by atoms with van der Waals surface area (Å²) in [7, 11) is 0. The van der Waals surface area contributed by atoms with Gasteiger partial charge in [0.25, 0.3) is 0 Å². The van der Waals surface area contributed by atoms with E-state index in [2.05, 4.69) is 37.9 Å². The molecule has 0 aliphatic carbocycles. The first-order valence-corrected chi connectivity index (χ1v) is 7.72. The number of nitrogens with zero attached hydrogens (tertiary/aromatic N) is 1. The van der Waals surface area contributed by atoms with Crippen LogP contribution in [0.1, 0.15) is 53.9 Å². The van der Waals surface area contributed by atoms with Gasteiger partial charge in [0.2, 0.25) is 5.91 Å². The van der Waals surface area contributed by atoms with E-state index in [0.29, 0.717) is 19.1 Å². The summed E-state index contributed by atoms with van der Waals surface area (Å²) in [6.45, 7) is 11.9. The Hall–Kier alpha value is -0.610. The van der Waals surface area contributed by atoms with E-state index in [4.69, 9.17) is 4.74 Å². The summed E-state index contributed by atoms with van der Waals surface area (Å²) in [5.41, 5.74) is 0.